The molecule has 1 aliphatic rings. The fourth-order valence-electron chi connectivity index (χ4n) is 3.13. The smallest absolute Gasteiger partial charge is 0.257 e. The second-order valence-electron chi connectivity index (χ2n) is 6.39. The molecule has 1 aromatic carbocycles. The maximum Gasteiger partial charge on any atom is 0.257 e. The van der Waals surface area contributed by atoms with Crippen LogP contribution in [0.15, 0.2) is 51.4 Å². The summed E-state index contributed by atoms with van der Waals surface area (Å²) in [6.07, 6.45) is 0.493. The molecule has 0 unspecified atom stereocenters. The zero-order valence-corrected chi connectivity index (χ0v) is 16.9. The van der Waals surface area contributed by atoms with Crippen molar-refractivity contribution in [3.8, 4) is 0 Å². The van der Waals surface area contributed by atoms with E-state index in [0.29, 0.717) is 23.8 Å². The zero-order chi connectivity index (χ0) is 18.9. The highest BCUT2D eigenvalue weighted by atomic mass is 32.2. The van der Waals surface area contributed by atoms with Gasteiger partial charge in [-0.1, -0.05) is 30.0 Å². The first-order chi connectivity index (χ1) is 13.0. The summed E-state index contributed by atoms with van der Waals surface area (Å²) in [6, 6.07) is 11.1. The van der Waals surface area contributed by atoms with Gasteiger partial charge in [-0.3, -0.25) is 4.79 Å². The molecule has 9 heteroatoms. The first kappa shape index (κ1) is 18.5. The molecular formula is C18H18N2O4S3. The van der Waals surface area contributed by atoms with E-state index in [4.69, 9.17) is 4.42 Å². The summed E-state index contributed by atoms with van der Waals surface area (Å²) in [5.74, 6) is 0.245. The van der Waals surface area contributed by atoms with Crippen LogP contribution >= 0.6 is 23.1 Å². The molecule has 0 N–H and O–H groups in total. The minimum Gasteiger partial charge on any atom is -0.431 e. The maximum absolute atomic E-state index is 12.9. The van der Waals surface area contributed by atoms with Gasteiger partial charge in [0.15, 0.2) is 15.4 Å². The lowest BCUT2D eigenvalue weighted by Crippen LogP contribution is -2.41. The number of amides is 1. The van der Waals surface area contributed by atoms with E-state index >= 15 is 0 Å². The van der Waals surface area contributed by atoms with Gasteiger partial charge in [0.05, 0.1) is 23.8 Å². The quantitative estimate of drug-likeness (QED) is 0.568. The number of rotatable bonds is 6. The lowest BCUT2D eigenvalue weighted by Gasteiger charge is -2.27. The van der Waals surface area contributed by atoms with E-state index < -0.39 is 9.84 Å². The standard InChI is InChI=1S/C18H18N2O4S3/c21-17(11-26-18-19-15-5-1-2-6-16(15)24-18)20(10-14-4-3-8-25-14)13-7-9-27(22,23)12-13/h1-6,8,13H,7,9-12H2/t13-/m0/s1. The third-order valence-corrected chi connectivity index (χ3v) is 7.89. The first-order valence-corrected chi connectivity index (χ1v) is 12.2. The van der Waals surface area contributed by atoms with E-state index in [-0.39, 0.29) is 29.2 Å². The number of hydrogen-bond acceptors (Lipinski definition) is 7. The Hall–Kier alpha value is -1.84. The third-order valence-electron chi connectivity index (χ3n) is 4.47. The molecule has 6 nitrogen and oxygen atoms in total. The van der Waals surface area contributed by atoms with Crippen LogP contribution in [-0.4, -0.2) is 47.5 Å². The van der Waals surface area contributed by atoms with Crippen molar-refractivity contribution in [3.63, 3.8) is 0 Å². The van der Waals surface area contributed by atoms with E-state index in [1.54, 1.807) is 16.2 Å². The number of nitrogens with zero attached hydrogens (tertiary/aromatic N) is 2. The minimum atomic E-state index is -3.07. The highest BCUT2D eigenvalue weighted by Crippen LogP contribution is 2.26. The van der Waals surface area contributed by atoms with E-state index in [1.807, 2.05) is 41.8 Å². The summed E-state index contributed by atoms with van der Waals surface area (Å²) < 4.78 is 29.4. The molecular weight excluding hydrogens is 404 g/mol. The summed E-state index contributed by atoms with van der Waals surface area (Å²) in [6.45, 7) is 0.435. The van der Waals surface area contributed by atoms with Crippen molar-refractivity contribution in [2.75, 3.05) is 17.3 Å². The second-order valence-corrected chi connectivity index (χ2v) is 10.6. The van der Waals surface area contributed by atoms with Gasteiger partial charge >= 0.3 is 0 Å². The zero-order valence-electron chi connectivity index (χ0n) is 14.4. The molecule has 1 saturated heterocycles. The predicted octanol–water partition coefficient (Wildman–Crippen LogP) is 3.20. The minimum absolute atomic E-state index is 0.0394. The van der Waals surface area contributed by atoms with Crippen LogP contribution in [0.4, 0.5) is 0 Å². The Labute approximate surface area is 165 Å². The fraction of sp³-hybridized carbons (Fsp3) is 0.333. The van der Waals surface area contributed by atoms with Crippen LogP contribution in [0, 0.1) is 0 Å². The topological polar surface area (TPSA) is 80.5 Å². The molecule has 1 fully saturated rings. The number of fused-ring (bicyclic) bond motifs is 1. The van der Waals surface area contributed by atoms with E-state index in [1.165, 1.54) is 11.8 Å². The number of para-hydroxylation sites is 2. The van der Waals surface area contributed by atoms with Gasteiger partial charge in [-0.2, -0.15) is 0 Å². The number of sulfone groups is 1. The Bertz CT molecular complexity index is 1010. The van der Waals surface area contributed by atoms with Crippen molar-refractivity contribution in [2.24, 2.45) is 0 Å². The molecule has 0 spiro atoms. The third kappa shape index (κ3) is 4.36. The molecule has 1 aliphatic heterocycles. The Kier molecular flexibility index (Phi) is 5.25. The molecule has 0 saturated carbocycles. The highest BCUT2D eigenvalue weighted by Gasteiger charge is 2.34. The maximum atomic E-state index is 12.9. The lowest BCUT2D eigenvalue weighted by molar-refractivity contribution is -0.130. The molecule has 142 valence electrons. The van der Waals surface area contributed by atoms with Crippen LogP contribution in [0.5, 0.6) is 0 Å². The van der Waals surface area contributed by atoms with Gasteiger partial charge in [0, 0.05) is 10.9 Å². The molecule has 1 atom stereocenters. The number of carbonyl (C=O) groups is 1. The molecule has 27 heavy (non-hydrogen) atoms. The number of thiophene rings is 1. The van der Waals surface area contributed by atoms with Crippen molar-refractivity contribution >= 4 is 49.9 Å². The van der Waals surface area contributed by atoms with Crippen molar-refractivity contribution in [2.45, 2.75) is 24.2 Å². The number of benzene rings is 1. The van der Waals surface area contributed by atoms with Crippen LogP contribution in [0.3, 0.4) is 0 Å². The van der Waals surface area contributed by atoms with E-state index in [2.05, 4.69) is 4.98 Å². The summed E-state index contributed by atoms with van der Waals surface area (Å²) in [5, 5.41) is 2.40. The summed E-state index contributed by atoms with van der Waals surface area (Å²) >= 11 is 2.80. The average molecular weight is 423 g/mol. The Morgan fingerprint density at radius 1 is 1.30 bits per heavy atom. The van der Waals surface area contributed by atoms with Crippen molar-refractivity contribution < 1.29 is 17.6 Å². The van der Waals surface area contributed by atoms with E-state index in [9.17, 15) is 13.2 Å². The number of carbonyl (C=O) groups excluding carboxylic acids is 1. The van der Waals surface area contributed by atoms with Gasteiger partial charge in [-0.25, -0.2) is 13.4 Å². The van der Waals surface area contributed by atoms with Gasteiger partial charge < -0.3 is 9.32 Å². The van der Waals surface area contributed by atoms with Crippen LogP contribution in [0.2, 0.25) is 0 Å². The molecule has 2 aromatic heterocycles. The van der Waals surface area contributed by atoms with Crippen molar-refractivity contribution in [1.29, 1.82) is 0 Å². The number of oxazole rings is 1. The number of hydrogen-bond donors (Lipinski definition) is 0. The Balaban J connectivity index is 1.47. The number of thioether (sulfide) groups is 1. The largest absolute Gasteiger partial charge is 0.431 e. The molecule has 0 aliphatic carbocycles. The second kappa shape index (κ2) is 7.65. The molecule has 3 aromatic rings. The molecule has 3 heterocycles. The van der Waals surface area contributed by atoms with Gasteiger partial charge in [-0.05, 0) is 30.0 Å². The Morgan fingerprint density at radius 2 is 2.15 bits per heavy atom. The first-order valence-electron chi connectivity index (χ1n) is 8.51. The SMILES string of the molecule is O=C(CSc1nc2ccccc2o1)N(Cc1cccs1)[C@H]1CCS(=O)(=O)C1. The van der Waals surface area contributed by atoms with Crippen LogP contribution < -0.4 is 0 Å². The number of aromatic nitrogens is 1. The van der Waals surface area contributed by atoms with Gasteiger partial charge in [0.2, 0.25) is 5.91 Å². The lowest BCUT2D eigenvalue weighted by atomic mass is 10.2. The molecule has 0 radical (unpaired) electrons. The Morgan fingerprint density at radius 3 is 2.85 bits per heavy atom. The van der Waals surface area contributed by atoms with Crippen molar-refractivity contribution in [1.82, 2.24) is 9.88 Å². The van der Waals surface area contributed by atoms with Gasteiger partial charge in [0.1, 0.15) is 5.52 Å². The molecule has 1 amide bonds. The van der Waals surface area contributed by atoms with Gasteiger partial charge in [-0.15, -0.1) is 11.3 Å². The predicted molar refractivity (Wildman–Crippen MR) is 107 cm³/mol. The normalized spacial score (nSPS) is 18.7. The van der Waals surface area contributed by atoms with Crippen LogP contribution in [-0.2, 0) is 21.2 Å². The summed E-state index contributed by atoms with van der Waals surface area (Å²) in [7, 11) is -3.07. The summed E-state index contributed by atoms with van der Waals surface area (Å²) in [4.78, 5) is 20.0. The molecule has 0 bridgehead atoms. The monoisotopic (exact) mass is 422 g/mol. The fourth-order valence-corrected chi connectivity index (χ4v) is 6.29. The highest BCUT2D eigenvalue weighted by molar-refractivity contribution is 7.99. The van der Waals surface area contributed by atoms with Crippen molar-refractivity contribution in [3.05, 3.63) is 46.7 Å². The van der Waals surface area contributed by atoms with Crippen LogP contribution in [0.1, 0.15) is 11.3 Å². The van der Waals surface area contributed by atoms with Crippen LogP contribution in [0.25, 0.3) is 11.1 Å². The van der Waals surface area contributed by atoms with E-state index in [0.717, 1.165) is 10.4 Å². The van der Waals surface area contributed by atoms with Gasteiger partial charge in [0.25, 0.3) is 5.22 Å². The average Bonchev–Trinajstić information content (AvgIpc) is 3.36. The summed E-state index contributed by atoms with van der Waals surface area (Å²) in [5.41, 5.74) is 1.44. The molecule has 4 rings (SSSR count).